The second-order valence-corrected chi connectivity index (χ2v) is 5.83. The van der Waals surface area contributed by atoms with Crippen molar-refractivity contribution in [3.05, 3.63) is 41.7 Å². The van der Waals surface area contributed by atoms with Crippen molar-refractivity contribution in [2.45, 2.75) is 25.9 Å². The minimum atomic E-state index is -0.0958. The summed E-state index contributed by atoms with van der Waals surface area (Å²) in [5.41, 5.74) is 1.56. The van der Waals surface area contributed by atoms with Crippen LogP contribution in [-0.4, -0.2) is 53.6 Å². The Hall–Kier alpha value is -2.41. The topological polar surface area (TPSA) is 80.5 Å². The molecule has 24 heavy (non-hydrogen) atoms. The quantitative estimate of drug-likeness (QED) is 0.902. The first-order valence-electron chi connectivity index (χ1n) is 8.11. The lowest BCUT2D eigenvalue weighted by molar-refractivity contribution is -0.0247. The molecule has 1 atom stereocenters. The summed E-state index contributed by atoms with van der Waals surface area (Å²) in [5, 5.41) is 3.04. The molecule has 3 rings (SSSR count). The van der Waals surface area contributed by atoms with E-state index in [1.807, 2.05) is 19.2 Å². The van der Waals surface area contributed by atoms with Crippen LogP contribution in [-0.2, 0) is 11.2 Å². The van der Waals surface area contributed by atoms with Gasteiger partial charge in [-0.2, -0.15) is 0 Å². The Bertz CT molecular complexity index is 701. The van der Waals surface area contributed by atoms with E-state index in [0.717, 1.165) is 18.7 Å². The predicted molar refractivity (Wildman–Crippen MR) is 89.0 cm³/mol. The summed E-state index contributed by atoms with van der Waals surface area (Å²) in [4.78, 5) is 22.6. The largest absolute Gasteiger partial charge is 0.448 e. The van der Waals surface area contributed by atoms with Crippen LogP contribution < -0.4 is 5.32 Å². The van der Waals surface area contributed by atoms with Crippen molar-refractivity contribution in [1.29, 1.82) is 0 Å². The van der Waals surface area contributed by atoms with Crippen molar-refractivity contribution >= 4 is 11.7 Å². The summed E-state index contributed by atoms with van der Waals surface area (Å²) in [5.74, 6) is 1.26. The first kappa shape index (κ1) is 16.4. The molecule has 0 saturated carbocycles. The minimum absolute atomic E-state index is 0.0295. The molecule has 128 valence electrons. The molecule has 1 amide bonds. The van der Waals surface area contributed by atoms with Gasteiger partial charge < -0.3 is 19.4 Å². The maximum absolute atomic E-state index is 12.4. The number of aromatic nitrogens is 2. The Labute approximate surface area is 141 Å². The molecule has 7 heteroatoms. The van der Waals surface area contributed by atoms with Crippen LogP contribution in [0.1, 0.15) is 28.4 Å². The van der Waals surface area contributed by atoms with Crippen molar-refractivity contribution < 1.29 is 13.9 Å². The highest BCUT2D eigenvalue weighted by Gasteiger charge is 2.26. The molecule has 0 aromatic carbocycles. The second kappa shape index (κ2) is 7.44. The summed E-state index contributed by atoms with van der Waals surface area (Å²) in [6.07, 6.45) is 4.98. The molecule has 1 fully saturated rings. The highest BCUT2D eigenvalue weighted by molar-refractivity contribution is 5.92. The van der Waals surface area contributed by atoms with E-state index in [-0.39, 0.29) is 12.0 Å². The number of nitrogens with one attached hydrogen (secondary N) is 1. The van der Waals surface area contributed by atoms with Crippen molar-refractivity contribution in [2.24, 2.45) is 0 Å². The third-order valence-electron chi connectivity index (χ3n) is 4.10. The number of oxazole rings is 1. The van der Waals surface area contributed by atoms with Gasteiger partial charge in [-0.3, -0.25) is 4.79 Å². The average molecular weight is 330 g/mol. The number of amides is 1. The highest BCUT2D eigenvalue weighted by atomic mass is 16.5. The molecule has 1 aliphatic heterocycles. The summed E-state index contributed by atoms with van der Waals surface area (Å²) < 4.78 is 10.9. The molecule has 2 aromatic heterocycles. The highest BCUT2D eigenvalue weighted by Crippen LogP contribution is 2.16. The fourth-order valence-corrected chi connectivity index (χ4v) is 2.80. The van der Waals surface area contributed by atoms with Gasteiger partial charge in [0.2, 0.25) is 0 Å². The number of anilines is 1. The van der Waals surface area contributed by atoms with E-state index >= 15 is 0 Å². The number of ether oxygens (including phenoxy) is 1. The number of hydrogen-bond acceptors (Lipinski definition) is 6. The number of nitrogens with zero attached hydrogens (tertiary/aromatic N) is 3. The minimum Gasteiger partial charge on any atom is -0.448 e. The average Bonchev–Trinajstić information content (AvgIpc) is 3.06. The fourth-order valence-electron chi connectivity index (χ4n) is 2.80. The van der Waals surface area contributed by atoms with E-state index < -0.39 is 0 Å². The number of hydrogen-bond donors (Lipinski definition) is 1. The number of carbonyl (C=O) groups excluding carboxylic acids is 1. The molecule has 0 aliphatic carbocycles. The Balaban J connectivity index is 1.56. The summed E-state index contributed by atoms with van der Waals surface area (Å²) in [7, 11) is 1.85. The lowest BCUT2D eigenvalue weighted by Gasteiger charge is -2.32. The first-order chi connectivity index (χ1) is 11.7. The van der Waals surface area contributed by atoms with Crippen LogP contribution >= 0.6 is 0 Å². The Morgan fingerprint density at radius 1 is 1.50 bits per heavy atom. The first-order valence-corrected chi connectivity index (χ1v) is 8.11. The van der Waals surface area contributed by atoms with E-state index in [4.69, 9.17) is 9.15 Å². The normalized spacial score (nSPS) is 17.8. The summed E-state index contributed by atoms with van der Waals surface area (Å²) in [6, 6.07) is 4.04. The van der Waals surface area contributed by atoms with Crippen molar-refractivity contribution in [3.63, 3.8) is 0 Å². The van der Waals surface area contributed by atoms with Gasteiger partial charge in [-0.15, -0.1) is 0 Å². The van der Waals surface area contributed by atoms with E-state index in [0.29, 0.717) is 31.3 Å². The molecule has 1 aliphatic rings. The molecule has 0 bridgehead atoms. The van der Waals surface area contributed by atoms with Gasteiger partial charge in [-0.05, 0) is 30.5 Å². The number of aryl methyl sites for hydroxylation is 2. The summed E-state index contributed by atoms with van der Waals surface area (Å²) >= 11 is 0. The van der Waals surface area contributed by atoms with Crippen molar-refractivity contribution in [2.75, 3.05) is 32.1 Å². The van der Waals surface area contributed by atoms with Crippen LogP contribution in [0.4, 0.5) is 5.82 Å². The molecule has 0 radical (unpaired) electrons. The van der Waals surface area contributed by atoms with Gasteiger partial charge in [0.1, 0.15) is 12.1 Å². The molecule has 7 nitrogen and oxygen atoms in total. The Kier molecular flexibility index (Phi) is 5.10. The van der Waals surface area contributed by atoms with Crippen LogP contribution in [0.15, 0.2) is 29.0 Å². The molecule has 1 saturated heterocycles. The molecule has 1 N–H and O–H groups in total. The Morgan fingerprint density at radius 2 is 2.38 bits per heavy atom. The van der Waals surface area contributed by atoms with Gasteiger partial charge in [-0.1, -0.05) is 0 Å². The number of morpholine rings is 1. The maximum Gasteiger partial charge on any atom is 0.275 e. The van der Waals surface area contributed by atoms with Gasteiger partial charge in [0.05, 0.1) is 12.7 Å². The van der Waals surface area contributed by atoms with E-state index in [2.05, 4.69) is 15.3 Å². The third kappa shape index (κ3) is 3.91. The second-order valence-electron chi connectivity index (χ2n) is 5.83. The number of carbonyl (C=O) groups is 1. The van der Waals surface area contributed by atoms with Gasteiger partial charge in [0.25, 0.3) is 5.91 Å². The predicted octanol–water partition coefficient (Wildman–Crippen LogP) is 1.89. The van der Waals surface area contributed by atoms with E-state index in [9.17, 15) is 4.79 Å². The van der Waals surface area contributed by atoms with Crippen LogP contribution in [0.3, 0.4) is 0 Å². The van der Waals surface area contributed by atoms with Crippen molar-refractivity contribution in [1.82, 2.24) is 14.9 Å². The van der Waals surface area contributed by atoms with Gasteiger partial charge in [0, 0.05) is 33.3 Å². The van der Waals surface area contributed by atoms with Gasteiger partial charge >= 0.3 is 0 Å². The van der Waals surface area contributed by atoms with Crippen LogP contribution in [0.25, 0.3) is 0 Å². The zero-order valence-corrected chi connectivity index (χ0v) is 14.0. The number of rotatable bonds is 5. The fraction of sp³-hybridized carbons (Fsp3) is 0.471. The summed E-state index contributed by atoms with van der Waals surface area (Å²) in [6.45, 7) is 3.44. The van der Waals surface area contributed by atoms with Gasteiger partial charge in [0.15, 0.2) is 11.6 Å². The third-order valence-corrected chi connectivity index (χ3v) is 4.10. The van der Waals surface area contributed by atoms with Crippen molar-refractivity contribution in [3.8, 4) is 0 Å². The monoisotopic (exact) mass is 330 g/mol. The van der Waals surface area contributed by atoms with Crippen LogP contribution in [0, 0.1) is 6.92 Å². The lowest BCUT2D eigenvalue weighted by Crippen LogP contribution is -2.45. The lowest BCUT2D eigenvalue weighted by atomic mass is 10.1. The van der Waals surface area contributed by atoms with E-state index in [1.165, 1.54) is 11.8 Å². The molecular formula is C17H22N4O3. The number of pyridine rings is 1. The van der Waals surface area contributed by atoms with Crippen LogP contribution in [0.2, 0.25) is 0 Å². The zero-order chi connectivity index (χ0) is 16.9. The SMILES string of the molecule is CNc1cc(CCC2CN(C(=O)c3coc(C)n3)CCO2)ccn1. The van der Waals surface area contributed by atoms with E-state index in [1.54, 1.807) is 18.0 Å². The van der Waals surface area contributed by atoms with Crippen LogP contribution in [0.5, 0.6) is 0 Å². The molecule has 0 spiro atoms. The maximum atomic E-state index is 12.4. The zero-order valence-electron chi connectivity index (χ0n) is 14.0. The smallest absolute Gasteiger partial charge is 0.275 e. The van der Waals surface area contributed by atoms with Gasteiger partial charge in [-0.25, -0.2) is 9.97 Å². The Morgan fingerprint density at radius 3 is 3.12 bits per heavy atom. The molecule has 2 aromatic rings. The molecular weight excluding hydrogens is 308 g/mol. The molecule has 3 heterocycles. The standard InChI is InChI=1S/C17H22N4O3/c1-12-20-15(11-24-12)17(22)21-7-8-23-14(10-21)4-3-13-5-6-19-16(9-13)18-2/h5-6,9,11,14H,3-4,7-8,10H2,1-2H3,(H,18,19). The molecule has 1 unspecified atom stereocenters.